The van der Waals surface area contributed by atoms with E-state index in [1.165, 1.54) is 5.56 Å². The van der Waals surface area contributed by atoms with Gasteiger partial charge in [0.15, 0.2) is 6.10 Å². The van der Waals surface area contributed by atoms with E-state index < -0.39 is 6.10 Å². The van der Waals surface area contributed by atoms with Crippen LogP contribution in [0.3, 0.4) is 0 Å². The highest BCUT2D eigenvalue weighted by Crippen LogP contribution is 2.41. The third-order valence-electron chi connectivity index (χ3n) is 7.21. The number of nitrogens with one attached hydrogen (secondary N) is 1. The van der Waals surface area contributed by atoms with Crippen molar-refractivity contribution in [2.75, 3.05) is 19.0 Å². The molecule has 0 unspecified atom stereocenters. The van der Waals surface area contributed by atoms with Crippen LogP contribution in [0.1, 0.15) is 54.5 Å². The number of hydrogen-bond acceptors (Lipinski definition) is 4. The number of ether oxygens (including phenoxy) is 2. The average Bonchev–Trinajstić information content (AvgIpc) is 3.76. The van der Waals surface area contributed by atoms with Crippen molar-refractivity contribution in [2.45, 2.75) is 51.7 Å². The molecule has 2 amide bonds. The van der Waals surface area contributed by atoms with Gasteiger partial charge in [0.25, 0.3) is 5.91 Å². The molecular formula is C31H34N2O4. The molecule has 2 atom stereocenters. The summed E-state index contributed by atoms with van der Waals surface area (Å²) >= 11 is 0. The summed E-state index contributed by atoms with van der Waals surface area (Å²) < 4.78 is 11.4. The van der Waals surface area contributed by atoms with Crippen molar-refractivity contribution in [3.63, 3.8) is 0 Å². The Labute approximate surface area is 218 Å². The van der Waals surface area contributed by atoms with Gasteiger partial charge in [-0.15, -0.1) is 0 Å². The van der Waals surface area contributed by atoms with Gasteiger partial charge in [-0.2, -0.15) is 0 Å². The molecule has 6 heteroatoms. The molecular weight excluding hydrogens is 464 g/mol. The van der Waals surface area contributed by atoms with E-state index in [-0.39, 0.29) is 23.8 Å². The van der Waals surface area contributed by atoms with Crippen LogP contribution in [0.15, 0.2) is 66.7 Å². The lowest BCUT2D eigenvalue weighted by Gasteiger charge is -2.38. The lowest BCUT2D eigenvalue weighted by Crippen LogP contribution is -2.41. The van der Waals surface area contributed by atoms with Crippen molar-refractivity contribution in [1.82, 2.24) is 4.90 Å². The Morgan fingerprint density at radius 1 is 1.03 bits per heavy atom. The first-order valence-electron chi connectivity index (χ1n) is 13.1. The molecule has 2 aliphatic rings. The average molecular weight is 499 g/mol. The number of anilines is 1. The van der Waals surface area contributed by atoms with Crippen LogP contribution in [0.2, 0.25) is 0 Å². The van der Waals surface area contributed by atoms with E-state index >= 15 is 0 Å². The summed E-state index contributed by atoms with van der Waals surface area (Å²) in [6.07, 6.45) is 2.64. The lowest BCUT2D eigenvalue weighted by molar-refractivity contribution is -0.134. The topological polar surface area (TPSA) is 67.9 Å². The van der Waals surface area contributed by atoms with Gasteiger partial charge in [-0.1, -0.05) is 42.8 Å². The summed E-state index contributed by atoms with van der Waals surface area (Å²) in [5.41, 5.74) is 5.25. The zero-order valence-electron chi connectivity index (χ0n) is 21.7. The minimum absolute atomic E-state index is 0.152. The predicted molar refractivity (Wildman–Crippen MR) is 144 cm³/mol. The first kappa shape index (κ1) is 24.9. The van der Waals surface area contributed by atoms with Crippen LogP contribution in [0.4, 0.5) is 5.69 Å². The molecule has 3 aromatic rings. The fraction of sp³-hybridized carbons (Fsp3) is 0.355. The molecule has 3 aromatic carbocycles. The molecule has 1 heterocycles. The van der Waals surface area contributed by atoms with Gasteiger partial charge in [0.1, 0.15) is 11.5 Å². The monoisotopic (exact) mass is 498 g/mol. The summed E-state index contributed by atoms with van der Waals surface area (Å²) in [6.45, 7) is 4.72. The largest absolute Gasteiger partial charge is 0.497 e. The maximum atomic E-state index is 13.3. The van der Waals surface area contributed by atoms with E-state index in [2.05, 4.69) is 42.6 Å². The second-order valence-corrected chi connectivity index (χ2v) is 9.97. The maximum Gasteiger partial charge on any atom is 0.265 e. The van der Waals surface area contributed by atoms with Gasteiger partial charge in [-0.3, -0.25) is 9.59 Å². The molecule has 1 fully saturated rings. The molecule has 192 valence electrons. The smallest absolute Gasteiger partial charge is 0.265 e. The Balaban J connectivity index is 1.41. The summed E-state index contributed by atoms with van der Waals surface area (Å²) in [7, 11) is 1.61. The Morgan fingerprint density at radius 3 is 2.46 bits per heavy atom. The molecule has 0 radical (unpaired) electrons. The number of methoxy groups -OCH3 is 1. The standard InChI is InChI=1S/C31H34N2O4/c1-4-28(30(34)32-24-11-14-25(36-3)15-12-24)37-26-13-10-21-16-17-33(31(35)22-8-9-22)29(27(21)19-26)23-7-5-6-20(2)18-23/h5-7,10-15,18-19,22,28-29H,4,8-9,16-17H2,1-3H3,(H,32,34)/t28-,29+/m0/s1. The Kier molecular flexibility index (Phi) is 7.17. The number of hydrogen-bond donors (Lipinski definition) is 1. The number of nitrogens with zero attached hydrogens (tertiary/aromatic N) is 1. The number of amides is 2. The highest BCUT2D eigenvalue weighted by molar-refractivity contribution is 5.94. The normalized spacial score (nSPS) is 17.5. The predicted octanol–water partition coefficient (Wildman–Crippen LogP) is 5.68. The third kappa shape index (κ3) is 5.48. The first-order valence-corrected chi connectivity index (χ1v) is 13.1. The van der Waals surface area contributed by atoms with Crippen molar-refractivity contribution >= 4 is 17.5 Å². The third-order valence-corrected chi connectivity index (χ3v) is 7.21. The Bertz CT molecular complexity index is 1280. The minimum atomic E-state index is -0.648. The highest BCUT2D eigenvalue weighted by atomic mass is 16.5. The van der Waals surface area contributed by atoms with Crippen molar-refractivity contribution in [2.24, 2.45) is 5.92 Å². The fourth-order valence-electron chi connectivity index (χ4n) is 5.05. The van der Waals surface area contributed by atoms with Gasteiger partial charge in [-0.05, 0) is 85.7 Å². The van der Waals surface area contributed by atoms with Gasteiger partial charge >= 0.3 is 0 Å². The molecule has 6 nitrogen and oxygen atoms in total. The molecule has 1 N–H and O–H groups in total. The zero-order valence-corrected chi connectivity index (χ0v) is 21.7. The quantitative estimate of drug-likeness (QED) is 0.434. The van der Waals surface area contributed by atoms with Crippen LogP contribution < -0.4 is 14.8 Å². The Morgan fingerprint density at radius 2 is 1.78 bits per heavy atom. The van der Waals surface area contributed by atoms with Crippen LogP contribution in [0, 0.1) is 12.8 Å². The van der Waals surface area contributed by atoms with E-state index in [0.29, 0.717) is 24.4 Å². The van der Waals surface area contributed by atoms with Crippen LogP contribution in [0.5, 0.6) is 11.5 Å². The number of aryl methyl sites for hydroxylation is 1. The van der Waals surface area contributed by atoms with E-state index in [1.54, 1.807) is 31.4 Å². The van der Waals surface area contributed by atoms with Crippen LogP contribution in [-0.4, -0.2) is 36.5 Å². The summed E-state index contributed by atoms with van der Waals surface area (Å²) in [4.78, 5) is 28.4. The van der Waals surface area contributed by atoms with Crippen molar-refractivity contribution in [1.29, 1.82) is 0 Å². The molecule has 0 bridgehead atoms. The number of benzene rings is 3. The van der Waals surface area contributed by atoms with Gasteiger partial charge in [-0.25, -0.2) is 0 Å². The molecule has 0 saturated heterocycles. The SMILES string of the molecule is CC[C@H](Oc1ccc2c(c1)[C@@H](c1cccc(C)c1)N(C(=O)C1CC1)CC2)C(=O)Nc1ccc(OC)cc1. The first-order chi connectivity index (χ1) is 18.0. The second kappa shape index (κ2) is 10.7. The van der Waals surface area contributed by atoms with Gasteiger partial charge in [0, 0.05) is 18.2 Å². The summed E-state index contributed by atoms with van der Waals surface area (Å²) in [6, 6.07) is 21.5. The van der Waals surface area contributed by atoms with Crippen LogP contribution >= 0.6 is 0 Å². The van der Waals surface area contributed by atoms with E-state index in [4.69, 9.17) is 9.47 Å². The van der Waals surface area contributed by atoms with Crippen molar-refractivity contribution < 1.29 is 19.1 Å². The second-order valence-electron chi connectivity index (χ2n) is 9.97. The molecule has 1 saturated carbocycles. The Hall–Kier alpha value is -3.80. The van der Waals surface area contributed by atoms with E-state index in [1.807, 2.05) is 24.0 Å². The molecule has 5 rings (SSSR count). The molecule has 1 aliphatic heterocycles. The van der Waals surface area contributed by atoms with Crippen LogP contribution in [-0.2, 0) is 16.0 Å². The maximum absolute atomic E-state index is 13.3. The number of rotatable bonds is 8. The molecule has 0 aromatic heterocycles. The molecule has 37 heavy (non-hydrogen) atoms. The zero-order chi connectivity index (χ0) is 25.9. The number of fused-ring (bicyclic) bond motifs is 1. The van der Waals surface area contributed by atoms with E-state index in [9.17, 15) is 9.59 Å². The fourth-order valence-corrected chi connectivity index (χ4v) is 5.05. The summed E-state index contributed by atoms with van der Waals surface area (Å²) in [5.74, 6) is 1.56. The van der Waals surface area contributed by atoms with Crippen molar-refractivity contribution in [3.8, 4) is 11.5 Å². The highest BCUT2D eigenvalue weighted by Gasteiger charge is 2.39. The minimum Gasteiger partial charge on any atom is -0.497 e. The summed E-state index contributed by atoms with van der Waals surface area (Å²) in [5, 5.41) is 2.94. The van der Waals surface area contributed by atoms with Crippen molar-refractivity contribution in [3.05, 3.63) is 89.0 Å². The number of carbonyl (C=O) groups is 2. The lowest BCUT2D eigenvalue weighted by atomic mass is 9.87. The van der Waals surface area contributed by atoms with Crippen LogP contribution in [0.25, 0.3) is 0 Å². The molecule has 1 aliphatic carbocycles. The van der Waals surface area contributed by atoms with Gasteiger partial charge in [0.2, 0.25) is 5.91 Å². The molecule has 0 spiro atoms. The van der Waals surface area contributed by atoms with Gasteiger partial charge < -0.3 is 19.7 Å². The number of carbonyl (C=O) groups excluding carboxylic acids is 2. The van der Waals surface area contributed by atoms with Gasteiger partial charge in [0.05, 0.1) is 13.2 Å². The van der Waals surface area contributed by atoms with E-state index in [0.717, 1.165) is 41.7 Å².